The summed E-state index contributed by atoms with van der Waals surface area (Å²) in [6.07, 6.45) is -3.74. The van der Waals surface area contributed by atoms with E-state index in [2.05, 4.69) is 10.3 Å². The minimum absolute atomic E-state index is 0.225. The fourth-order valence-electron chi connectivity index (χ4n) is 1.99. The molecule has 1 unspecified atom stereocenters. The van der Waals surface area contributed by atoms with Gasteiger partial charge in [0.25, 0.3) is 5.91 Å². The van der Waals surface area contributed by atoms with E-state index in [1.807, 2.05) is 13.8 Å². The number of rotatable bonds is 6. The second-order valence-corrected chi connectivity index (χ2v) is 4.77. The smallest absolute Gasteiger partial charge is 0.382 e. The fourth-order valence-corrected chi connectivity index (χ4v) is 1.99. The van der Waals surface area contributed by atoms with Crippen LogP contribution in [0.4, 0.5) is 18.9 Å². The number of hydrogen-bond donors (Lipinski definition) is 1. The topological polar surface area (TPSA) is 45.2 Å². The van der Waals surface area contributed by atoms with Crippen LogP contribution >= 0.6 is 0 Å². The highest BCUT2D eigenvalue weighted by atomic mass is 19.4. The Morgan fingerprint density at radius 3 is 2.52 bits per heavy atom. The van der Waals surface area contributed by atoms with Gasteiger partial charge in [0, 0.05) is 31.0 Å². The van der Waals surface area contributed by atoms with Crippen molar-refractivity contribution in [1.29, 1.82) is 0 Å². The highest BCUT2D eigenvalue weighted by Gasteiger charge is 2.30. The van der Waals surface area contributed by atoms with Gasteiger partial charge in [0.05, 0.1) is 6.42 Å². The number of alkyl halides is 3. The second kappa shape index (κ2) is 7.28. The summed E-state index contributed by atoms with van der Waals surface area (Å²) in [6, 6.07) is 2.25. The first kappa shape index (κ1) is 17.3. The lowest BCUT2D eigenvalue weighted by Gasteiger charge is -2.19. The van der Waals surface area contributed by atoms with Crippen LogP contribution in [-0.4, -0.2) is 41.1 Å². The normalized spacial score (nSPS) is 12.9. The number of carbonyl (C=O) groups is 1. The largest absolute Gasteiger partial charge is 0.391 e. The number of hydrogen-bond acceptors (Lipinski definition) is 3. The fraction of sp³-hybridized carbons (Fsp3) is 0.571. The van der Waals surface area contributed by atoms with Crippen LogP contribution < -0.4 is 5.32 Å². The molecule has 0 saturated heterocycles. The van der Waals surface area contributed by atoms with Gasteiger partial charge in [-0.3, -0.25) is 9.78 Å². The SMILES string of the molecule is CCN(CC)C(=O)c1cc(NC(C)CC(F)(F)F)ccn1. The molecule has 7 heteroatoms. The molecule has 1 N–H and O–H groups in total. The van der Waals surface area contributed by atoms with Gasteiger partial charge in [-0.2, -0.15) is 13.2 Å². The molecule has 0 radical (unpaired) electrons. The molecule has 1 amide bonds. The Morgan fingerprint density at radius 2 is 2.00 bits per heavy atom. The molecule has 0 aliphatic rings. The molecule has 21 heavy (non-hydrogen) atoms. The Bertz CT molecular complexity index is 473. The highest BCUT2D eigenvalue weighted by Crippen LogP contribution is 2.23. The minimum atomic E-state index is -4.22. The summed E-state index contributed by atoms with van der Waals surface area (Å²) in [7, 11) is 0. The molecule has 1 rings (SSSR count). The van der Waals surface area contributed by atoms with Crippen molar-refractivity contribution in [1.82, 2.24) is 9.88 Å². The van der Waals surface area contributed by atoms with Crippen molar-refractivity contribution >= 4 is 11.6 Å². The molecular weight excluding hydrogens is 283 g/mol. The van der Waals surface area contributed by atoms with Crippen LogP contribution in [0.2, 0.25) is 0 Å². The molecule has 0 fully saturated rings. The summed E-state index contributed by atoms with van der Waals surface area (Å²) in [5.74, 6) is -0.230. The quantitative estimate of drug-likeness (QED) is 0.877. The molecule has 1 aromatic rings. The number of nitrogens with zero attached hydrogens (tertiary/aromatic N) is 2. The molecular formula is C14H20F3N3O. The Hall–Kier alpha value is -1.79. The van der Waals surface area contributed by atoms with Crippen LogP contribution in [0.25, 0.3) is 0 Å². The molecule has 0 aliphatic carbocycles. The van der Waals surface area contributed by atoms with Crippen LogP contribution in [0.1, 0.15) is 37.7 Å². The van der Waals surface area contributed by atoms with Gasteiger partial charge >= 0.3 is 6.18 Å². The maximum atomic E-state index is 12.3. The van der Waals surface area contributed by atoms with Crippen molar-refractivity contribution in [3.63, 3.8) is 0 Å². The summed E-state index contributed by atoms with van der Waals surface area (Å²) in [4.78, 5) is 17.7. The van der Waals surface area contributed by atoms with Crippen LogP contribution in [0, 0.1) is 0 Å². The van der Waals surface area contributed by atoms with Gasteiger partial charge in [-0.25, -0.2) is 0 Å². The molecule has 4 nitrogen and oxygen atoms in total. The van der Waals surface area contributed by atoms with E-state index in [9.17, 15) is 18.0 Å². The summed E-state index contributed by atoms with van der Waals surface area (Å²) < 4.78 is 36.9. The Balaban J connectivity index is 2.79. The molecule has 1 heterocycles. The number of halogens is 3. The van der Waals surface area contributed by atoms with E-state index in [0.717, 1.165) is 0 Å². The Morgan fingerprint density at radius 1 is 1.38 bits per heavy atom. The van der Waals surface area contributed by atoms with E-state index in [0.29, 0.717) is 18.8 Å². The molecule has 118 valence electrons. The molecule has 0 aliphatic heterocycles. The second-order valence-electron chi connectivity index (χ2n) is 4.77. The zero-order valence-corrected chi connectivity index (χ0v) is 12.4. The number of anilines is 1. The van der Waals surface area contributed by atoms with Gasteiger partial charge in [-0.1, -0.05) is 0 Å². The van der Waals surface area contributed by atoms with Crippen molar-refractivity contribution in [2.75, 3.05) is 18.4 Å². The summed E-state index contributed by atoms with van der Waals surface area (Å²) >= 11 is 0. The van der Waals surface area contributed by atoms with E-state index in [4.69, 9.17) is 0 Å². The lowest BCUT2D eigenvalue weighted by atomic mass is 10.2. The standard InChI is InChI=1S/C14H20F3N3O/c1-4-20(5-2)13(21)12-8-11(6-7-18-12)19-10(3)9-14(15,16)17/h6-8,10H,4-5,9H2,1-3H3,(H,18,19). The van der Waals surface area contributed by atoms with Crippen molar-refractivity contribution in [2.24, 2.45) is 0 Å². The van der Waals surface area contributed by atoms with E-state index < -0.39 is 18.6 Å². The van der Waals surface area contributed by atoms with Crippen LogP contribution in [0.3, 0.4) is 0 Å². The predicted octanol–water partition coefficient (Wildman–Crippen LogP) is 3.32. The summed E-state index contributed by atoms with van der Waals surface area (Å²) in [5, 5.41) is 2.74. The van der Waals surface area contributed by atoms with Crippen molar-refractivity contribution in [3.8, 4) is 0 Å². The predicted molar refractivity (Wildman–Crippen MR) is 75.2 cm³/mol. The highest BCUT2D eigenvalue weighted by molar-refractivity contribution is 5.93. The lowest BCUT2D eigenvalue weighted by Crippen LogP contribution is -2.31. The van der Waals surface area contributed by atoms with E-state index in [1.54, 1.807) is 11.0 Å². The first-order valence-electron chi connectivity index (χ1n) is 6.85. The first-order chi connectivity index (χ1) is 9.76. The third-order valence-corrected chi connectivity index (χ3v) is 2.98. The van der Waals surface area contributed by atoms with Gasteiger partial charge in [-0.15, -0.1) is 0 Å². The third-order valence-electron chi connectivity index (χ3n) is 2.98. The Labute approximate surface area is 122 Å². The maximum Gasteiger partial charge on any atom is 0.391 e. The van der Waals surface area contributed by atoms with Crippen LogP contribution in [0.15, 0.2) is 18.3 Å². The number of pyridine rings is 1. The summed E-state index contributed by atoms with van der Waals surface area (Å²) in [6.45, 7) is 6.27. The van der Waals surface area contributed by atoms with E-state index in [-0.39, 0.29) is 11.6 Å². The average Bonchev–Trinajstić information content (AvgIpc) is 2.38. The van der Waals surface area contributed by atoms with E-state index >= 15 is 0 Å². The number of aromatic nitrogens is 1. The first-order valence-corrected chi connectivity index (χ1v) is 6.85. The summed E-state index contributed by atoms with van der Waals surface area (Å²) in [5.41, 5.74) is 0.681. The van der Waals surface area contributed by atoms with Gasteiger partial charge in [-0.05, 0) is 32.9 Å². The molecule has 0 aromatic carbocycles. The van der Waals surface area contributed by atoms with Gasteiger partial charge in [0.1, 0.15) is 5.69 Å². The third kappa shape index (κ3) is 5.61. The van der Waals surface area contributed by atoms with Crippen molar-refractivity contribution in [3.05, 3.63) is 24.0 Å². The average molecular weight is 303 g/mol. The maximum absolute atomic E-state index is 12.3. The number of nitrogens with one attached hydrogen (secondary N) is 1. The van der Waals surface area contributed by atoms with Gasteiger partial charge in [0.15, 0.2) is 0 Å². The molecule has 0 spiro atoms. The number of carbonyl (C=O) groups excluding carboxylic acids is 1. The van der Waals surface area contributed by atoms with Crippen molar-refractivity contribution in [2.45, 2.75) is 39.4 Å². The Kier molecular flexibility index (Phi) is 5.99. The molecule has 1 aromatic heterocycles. The molecule has 1 atom stereocenters. The van der Waals surface area contributed by atoms with Crippen LogP contribution in [0.5, 0.6) is 0 Å². The number of amides is 1. The van der Waals surface area contributed by atoms with E-state index in [1.165, 1.54) is 19.2 Å². The molecule has 0 saturated carbocycles. The van der Waals surface area contributed by atoms with Gasteiger partial charge in [0.2, 0.25) is 0 Å². The zero-order chi connectivity index (χ0) is 16.0. The van der Waals surface area contributed by atoms with Gasteiger partial charge < -0.3 is 10.2 Å². The van der Waals surface area contributed by atoms with Crippen LogP contribution in [-0.2, 0) is 0 Å². The monoisotopic (exact) mass is 303 g/mol. The zero-order valence-electron chi connectivity index (χ0n) is 12.4. The lowest BCUT2D eigenvalue weighted by molar-refractivity contribution is -0.136. The van der Waals surface area contributed by atoms with Crippen molar-refractivity contribution < 1.29 is 18.0 Å². The minimum Gasteiger partial charge on any atom is -0.382 e. The molecule has 0 bridgehead atoms.